The largest absolute Gasteiger partial charge is 0.306 e. The second kappa shape index (κ2) is 6.42. The number of rotatable bonds is 3. The van der Waals surface area contributed by atoms with Gasteiger partial charge in [-0.15, -0.1) is 0 Å². The van der Waals surface area contributed by atoms with Gasteiger partial charge in [0.1, 0.15) is 17.2 Å². The van der Waals surface area contributed by atoms with Crippen molar-refractivity contribution in [1.29, 1.82) is 0 Å². The highest BCUT2D eigenvalue weighted by molar-refractivity contribution is 6.30. The number of anilines is 1. The molecule has 0 atom stereocenters. The molecule has 25 heavy (non-hydrogen) atoms. The van der Waals surface area contributed by atoms with E-state index in [-0.39, 0.29) is 5.91 Å². The molecule has 1 amide bonds. The summed E-state index contributed by atoms with van der Waals surface area (Å²) < 4.78 is 1.80. The quantitative estimate of drug-likeness (QED) is 0.572. The Hall–Kier alpha value is -3.11. The average Bonchev–Trinajstić information content (AvgIpc) is 3.01. The number of pyridine rings is 1. The van der Waals surface area contributed by atoms with E-state index in [1.807, 2.05) is 54.6 Å². The van der Waals surface area contributed by atoms with Crippen molar-refractivity contribution in [2.24, 2.45) is 0 Å². The molecule has 0 aliphatic rings. The first-order chi connectivity index (χ1) is 12.2. The van der Waals surface area contributed by atoms with Crippen molar-refractivity contribution in [2.45, 2.75) is 0 Å². The lowest BCUT2D eigenvalue weighted by molar-refractivity contribution is 0.102. The van der Waals surface area contributed by atoms with E-state index in [1.54, 1.807) is 28.8 Å². The number of amides is 1. The normalized spacial score (nSPS) is 10.8. The van der Waals surface area contributed by atoms with Gasteiger partial charge in [-0.3, -0.25) is 9.20 Å². The summed E-state index contributed by atoms with van der Waals surface area (Å²) in [4.78, 5) is 17.3. The number of carbonyl (C=O) groups excluding carboxylic acids is 1. The SMILES string of the molecule is O=C(Nc1c(-c2ccccc2)nc2ccc(Cl)cn12)c1ccccc1. The van der Waals surface area contributed by atoms with E-state index in [9.17, 15) is 4.79 Å². The van der Waals surface area contributed by atoms with Crippen LogP contribution < -0.4 is 5.32 Å². The molecule has 4 rings (SSSR count). The molecule has 5 heteroatoms. The van der Waals surface area contributed by atoms with Gasteiger partial charge >= 0.3 is 0 Å². The molecule has 2 aromatic carbocycles. The fraction of sp³-hybridized carbons (Fsp3) is 0. The molecule has 0 aliphatic carbocycles. The molecule has 0 bridgehead atoms. The summed E-state index contributed by atoms with van der Waals surface area (Å²) >= 11 is 6.14. The smallest absolute Gasteiger partial charge is 0.256 e. The Morgan fingerprint density at radius 2 is 1.60 bits per heavy atom. The van der Waals surface area contributed by atoms with E-state index in [1.165, 1.54) is 0 Å². The maximum Gasteiger partial charge on any atom is 0.256 e. The van der Waals surface area contributed by atoms with Crippen LogP contribution in [-0.2, 0) is 0 Å². The third-order valence-corrected chi connectivity index (χ3v) is 4.12. The Bertz CT molecular complexity index is 1040. The Labute approximate surface area is 149 Å². The standard InChI is InChI=1S/C20H14ClN3O/c21-16-11-12-17-22-18(14-7-3-1-4-8-14)19(24(17)13-16)23-20(25)15-9-5-2-6-10-15/h1-13H,(H,23,25). The fourth-order valence-electron chi connectivity index (χ4n) is 2.70. The first kappa shape index (κ1) is 15.4. The number of fused-ring (bicyclic) bond motifs is 1. The molecule has 1 N–H and O–H groups in total. The number of aromatic nitrogens is 2. The van der Waals surface area contributed by atoms with E-state index in [0.29, 0.717) is 27.7 Å². The van der Waals surface area contributed by atoms with Crippen LogP contribution in [0.3, 0.4) is 0 Å². The van der Waals surface area contributed by atoms with Crippen molar-refractivity contribution in [3.05, 3.63) is 89.6 Å². The van der Waals surface area contributed by atoms with Crippen molar-refractivity contribution in [3.8, 4) is 11.3 Å². The molecule has 122 valence electrons. The van der Waals surface area contributed by atoms with E-state index in [0.717, 1.165) is 5.56 Å². The molecule has 0 radical (unpaired) electrons. The van der Waals surface area contributed by atoms with E-state index in [2.05, 4.69) is 10.3 Å². The van der Waals surface area contributed by atoms with Gasteiger partial charge in [0.15, 0.2) is 0 Å². The summed E-state index contributed by atoms with van der Waals surface area (Å²) in [6, 6.07) is 22.4. The van der Waals surface area contributed by atoms with E-state index in [4.69, 9.17) is 11.6 Å². The van der Waals surface area contributed by atoms with Crippen LogP contribution in [0, 0.1) is 0 Å². The average molecular weight is 348 g/mol. The Morgan fingerprint density at radius 1 is 0.920 bits per heavy atom. The highest BCUT2D eigenvalue weighted by Gasteiger charge is 2.17. The lowest BCUT2D eigenvalue weighted by atomic mass is 10.1. The summed E-state index contributed by atoms with van der Waals surface area (Å²) in [7, 11) is 0. The van der Waals surface area contributed by atoms with Crippen molar-refractivity contribution < 1.29 is 4.79 Å². The topological polar surface area (TPSA) is 46.4 Å². The zero-order valence-electron chi connectivity index (χ0n) is 13.2. The Morgan fingerprint density at radius 3 is 2.32 bits per heavy atom. The van der Waals surface area contributed by atoms with Crippen LogP contribution >= 0.6 is 11.6 Å². The minimum atomic E-state index is -0.195. The summed E-state index contributed by atoms with van der Waals surface area (Å²) in [5.41, 5.74) is 2.92. The van der Waals surface area contributed by atoms with Crippen molar-refractivity contribution in [2.75, 3.05) is 5.32 Å². The molecule has 4 nitrogen and oxygen atoms in total. The zero-order chi connectivity index (χ0) is 17.2. The van der Waals surface area contributed by atoms with Gasteiger partial charge in [-0.1, -0.05) is 60.1 Å². The number of halogens is 1. The maximum absolute atomic E-state index is 12.6. The summed E-state index contributed by atoms with van der Waals surface area (Å²) in [5, 5.41) is 3.55. The predicted octanol–water partition coefficient (Wildman–Crippen LogP) is 4.91. The second-order valence-corrected chi connectivity index (χ2v) is 6.01. The van der Waals surface area contributed by atoms with Crippen LogP contribution in [0.25, 0.3) is 16.9 Å². The Kier molecular flexibility index (Phi) is 3.96. The molecule has 2 heterocycles. The molecule has 0 spiro atoms. The third kappa shape index (κ3) is 2.99. The number of hydrogen-bond acceptors (Lipinski definition) is 2. The van der Waals surface area contributed by atoms with Crippen LogP contribution in [0.2, 0.25) is 5.02 Å². The van der Waals surface area contributed by atoms with Crippen LogP contribution in [-0.4, -0.2) is 15.3 Å². The summed E-state index contributed by atoms with van der Waals surface area (Å²) in [5.74, 6) is 0.400. The number of benzene rings is 2. The van der Waals surface area contributed by atoms with Crippen LogP contribution in [0.1, 0.15) is 10.4 Å². The van der Waals surface area contributed by atoms with Gasteiger partial charge in [0.05, 0.1) is 5.02 Å². The predicted molar refractivity (Wildman–Crippen MR) is 100 cm³/mol. The van der Waals surface area contributed by atoms with Crippen molar-refractivity contribution in [3.63, 3.8) is 0 Å². The number of carbonyl (C=O) groups is 1. The monoisotopic (exact) mass is 347 g/mol. The molecule has 2 aromatic heterocycles. The molecule has 0 aliphatic heterocycles. The van der Waals surface area contributed by atoms with Gasteiger partial charge in [0, 0.05) is 17.3 Å². The minimum Gasteiger partial charge on any atom is -0.306 e. The van der Waals surface area contributed by atoms with E-state index < -0.39 is 0 Å². The molecule has 0 saturated carbocycles. The maximum atomic E-state index is 12.6. The summed E-state index contributed by atoms with van der Waals surface area (Å²) in [6.45, 7) is 0. The first-order valence-corrected chi connectivity index (χ1v) is 8.19. The van der Waals surface area contributed by atoms with Gasteiger partial charge < -0.3 is 5.32 Å². The molecule has 0 fully saturated rings. The fourth-order valence-corrected chi connectivity index (χ4v) is 2.87. The Balaban J connectivity index is 1.85. The van der Waals surface area contributed by atoms with Crippen LogP contribution in [0.5, 0.6) is 0 Å². The zero-order valence-corrected chi connectivity index (χ0v) is 13.9. The van der Waals surface area contributed by atoms with Gasteiger partial charge in [-0.2, -0.15) is 0 Å². The van der Waals surface area contributed by atoms with Gasteiger partial charge in [-0.05, 0) is 24.3 Å². The first-order valence-electron chi connectivity index (χ1n) is 7.82. The van der Waals surface area contributed by atoms with Crippen LogP contribution in [0.4, 0.5) is 5.82 Å². The summed E-state index contributed by atoms with van der Waals surface area (Å²) in [6.07, 6.45) is 1.75. The highest BCUT2D eigenvalue weighted by Crippen LogP contribution is 2.30. The number of nitrogens with one attached hydrogen (secondary N) is 1. The molecular formula is C20H14ClN3O. The molecule has 0 unspecified atom stereocenters. The van der Waals surface area contributed by atoms with Crippen molar-refractivity contribution >= 4 is 29.0 Å². The lowest BCUT2D eigenvalue weighted by Gasteiger charge is -2.08. The van der Waals surface area contributed by atoms with Gasteiger partial charge in [0.2, 0.25) is 0 Å². The highest BCUT2D eigenvalue weighted by atomic mass is 35.5. The van der Waals surface area contributed by atoms with E-state index >= 15 is 0 Å². The van der Waals surface area contributed by atoms with Crippen LogP contribution in [0.15, 0.2) is 79.0 Å². The van der Waals surface area contributed by atoms with Crippen molar-refractivity contribution in [1.82, 2.24) is 9.38 Å². The number of hydrogen-bond donors (Lipinski definition) is 1. The van der Waals surface area contributed by atoms with Gasteiger partial charge in [-0.25, -0.2) is 4.98 Å². The second-order valence-electron chi connectivity index (χ2n) is 5.57. The molecule has 4 aromatic rings. The number of imidazole rings is 1. The molecule has 0 saturated heterocycles. The number of nitrogens with zero attached hydrogens (tertiary/aromatic N) is 2. The van der Waals surface area contributed by atoms with Gasteiger partial charge in [0.25, 0.3) is 5.91 Å². The minimum absolute atomic E-state index is 0.195. The lowest BCUT2D eigenvalue weighted by Crippen LogP contribution is -2.13. The third-order valence-electron chi connectivity index (χ3n) is 3.90. The molecular weight excluding hydrogens is 334 g/mol.